The van der Waals surface area contributed by atoms with Crippen LogP contribution in [0, 0.1) is 0 Å². The number of hydrogen-bond donors (Lipinski definition) is 1. The van der Waals surface area contributed by atoms with Gasteiger partial charge in [-0.3, -0.25) is 14.2 Å². The van der Waals surface area contributed by atoms with Crippen LogP contribution in [0.15, 0.2) is 58.5 Å². The van der Waals surface area contributed by atoms with Crippen molar-refractivity contribution in [3.05, 3.63) is 64.4 Å². The van der Waals surface area contributed by atoms with Gasteiger partial charge in [0.25, 0.3) is 5.56 Å². The van der Waals surface area contributed by atoms with Gasteiger partial charge in [0.1, 0.15) is 5.75 Å². The molecule has 0 radical (unpaired) electrons. The van der Waals surface area contributed by atoms with Gasteiger partial charge in [0.15, 0.2) is 5.16 Å². The second kappa shape index (κ2) is 9.60. The first kappa shape index (κ1) is 20.9. The van der Waals surface area contributed by atoms with Gasteiger partial charge in [-0.1, -0.05) is 43.0 Å². The number of nitrogens with zero attached hydrogens (tertiary/aromatic N) is 2. The third-order valence-electron chi connectivity index (χ3n) is 4.79. The maximum atomic E-state index is 13.0. The third kappa shape index (κ3) is 4.98. The number of thioether (sulfide) groups is 1. The van der Waals surface area contributed by atoms with Crippen molar-refractivity contribution >= 4 is 28.6 Å². The van der Waals surface area contributed by atoms with E-state index in [0.717, 1.165) is 17.7 Å². The number of carbonyl (C=O) groups excluding carboxylic acids is 1. The molecule has 1 N–H and O–H groups in total. The van der Waals surface area contributed by atoms with Crippen molar-refractivity contribution in [2.24, 2.45) is 0 Å². The zero-order chi connectivity index (χ0) is 20.8. The molecule has 0 aliphatic carbocycles. The molecule has 1 heterocycles. The van der Waals surface area contributed by atoms with Crippen molar-refractivity contribution < 1.29 is 9.53 Å². The van der Waals surface area contributed by atoms with E-state index in [2.05, 4.69) is 10.3 Å². The maximum absolute atomic E-state index is 13.0. The van der Waals surface area contributed by atoms with Crippen LogP contribution in [-0.4, -0.2) is 28.3 Å². The highest BCUT2D eigenvalue weighted by Crippen LogP contribution is 2.22. The Bertz CT molecular complexity index is 1050. The van der Waals surface area contributed by atoms with Gasteiger partial charge in [-0.2, -0.15) is 0 Å². The van der Waals surface area contributed by atoms with Gasteiger partial charge in [-0.25, -0.2) is 4.98 Å². The number of carbonyl (C=O) groups is 1. The van der Waals surface area contributed by atoms with Gasteiger partial charge in [0.2, 0.25) is 5.91 Å². The highest BCUT2D eigenvalue weighted by Gasteiger charge is 2.16. The Labute approximate surface area is 174 Å². The van der Waals surface area contributed by atoms with Gasteiger partial charge in [0.05, 0.1) is 23.8 Å². The molecule has 3 aromatic rings. The summed E-state index contributed by atoms with van der Waals surface area (Å²) < 4.78 is 6.83. The summed E-state index contributed by atoms with van der Waals surface area (Å²) in [5, 5.41) is 4.08. The van der Waals surface area contributed by atoms with Crippen LogP contribution in [0.4, 0.5) is 0 Å². The normalized spacial score (nSPS) is 12.0. The summed E-state index contributed by atoms with van der Waals surface area (Å²) in [6, 6.07) is 14.9. The number of nitrogens with one attached hydrogen (secondary N) is 1. The Hall–Kier alpha value is -2.80. The summed E-state index contributed by atoms with van der Waals surface area (Å²) in [7, 11) is 1.62. The summed E-state index contributed by atoms with van der Waals surface area (Å²) in [5.41, 5.74) is 1.58. The van der Waals surface area contributed by atoms with Crippen LogP contribution < -0.4 is 15.6 Å². The smallest absolute Gasteiger partial charge is 0.262 e. The van der Waals surface area contributed by atoms with E-state index in [1.165, 1.54) is 11.8 Å². The molecule has 0 aliphatic rings. The average Bonchev–Trinajstić information content (AvgIpc) is 2.76. The van der Waals surface area contributed by atoms with E-state index < -0.39 is 0 Å². The fourth-order valence-corrected chi connectivity index (χ4v) is 3.85. The molecule has 29 heavy (non-hydrogen) atoms. The molecule has 3 rings (SSSR count). The molecule has 0 saturated heterocycles. The van der Waals surface area contributed by atoms with E-state index in [1.54, 1.807) is 17.7 Å². The number of ether oxygens (including phenoxy) is 1. The maximum Gasteiger partial charge on any atom is 0.262 e. The average molecular weight is 412 g/mol. The van der Waals surface area contributed by atoms with Crippen LogP contribution in [-0.2, 0) is 11.3 Å². The van der Waals surface area contributed by atoms with Crippen LogP contribution in [0.5, 0.6) is 5.75 Å². The number of amides is 1. The Balaban J connectivity index is 1.71. The lowest BCUT2D eigenvalue weighted by molar-refractivity contribution is -0.118. The second-order valence-corrected chi connectivity index (χ2v) is 7.70. The molecule has 0 saturated carbocycles. The topological polar surface area (TPSA) is 73.2 Å². The largest absolute Gasteiger partial charge is 0.497 e. The van der Waals surface area contributed by atoms with Crippen molar-refractivity contribution in [2.45, 2.75) is 38.0 Å². The van der Waals surface area contributed by atoms with E-state index in [9.17, 15) is 9.59 Å². The van der Waals surface area contributed by atoms with Crippen LogP contribution in [0.25, 0.3) is 10.9 Å². The van der Waals surface area contributed by atoms with Crippen molar-refractivity contribution in [3.63, 3.8) is 0 Å². The Morgan fingerprint density at radius 1 is 1.21 bits per heavy atom. The van der Waals surface area contributed by atoms with Gasteiger partial charge in [0, 0.05) is 12.6 Å². The van der Waals surface area contributed by atoms with Gasteiger partial charge in [-0.05, 0) is 43.2 Å². The molecule has 2 aromatic carbocycles. The van der Waals surface area contributed by atoms with Crippen LogP contribution in [0.3, 0.4) is 0 Å². The quantitative estimate of drug-likeness (QED) is 0.451. The number of hydrogen-bond acceptors (Lipinski definition) is 5. The molecule has 0 spiro atoms. The van der Waals surface area contributed by atoms with Gasteiger partial charge >= 0.3 is 0 Å². The Morgan fingerprint density at radius 2 is 1.93 bits per heavy atom. The number of para-hydroxylation sites is 1. The first-order valence-corrected chi connectivity index (χ1v) is 10.6. The molecular weight excluding hydrogens is 386 g/mol. The number of aromatic nitrogens is 2. The molecule has 0 fully saturated rings. The summed E-state index contributed by atoms with van der Waals surface area (Å²) in [6.45, 7) is 4.46. The first-order valence-electron chi connectivity index (χ1n) is 9.57. The van der Waals surface area contributed by atoms with Crippen molar-refractivity contribution in [1.82, 2.24) is 14.9 Å². The molecule has 0 bridgehead atoms. The first-order chi connectivity index (χ1) is 14.0. The lowest BCUT2D eigenvalue weighted by atomic mass is 10.2. The van der Waals surface area contributed by atoms with E-state index in [1.807, 2.05) is 56.3 Å². The minimum absolute atomic E-state index is 0.00414. The Morgan fingerprint density at radius 3 is 2.62 bits per heavy atom. The molecule has 1 aromatic heterocycles. The van der Waals surface area contributed by atoms with Crippen molar-refractivity contribution in [2.75, 3.05) is 12.9 Å². The minimum Gasteiger partial charge on any atom is -0.497 e. The van der Waals surface area contributed by atoms with Gasteiger partial charge < -0.3 is 10.1 Å². The van der Waals surface area contributed by atoms with Crippen molar-refractivity contribution in [1.29, 1.82) is 0 Å². The predicted molar refractivity (Wildman–Crippen MR) is 117 cm³/mol. The Kier molecular flexibility index (Phi) is 6.93. The summed E-state index contributed by atoms with van der Waals surface area (Å²) in [4.78, 5) is 29.9. The lowest BCUT2D eigenvalue weighted by Gasteiger charge is -2.18. The van der Waals surface area contributed by atoms with E-state index >= 15 is 0 Å². The summed E-state index contributed by atoms with van der Waals surface area (Å²) in [6.07, 6.45) is 0.803. The number of methoxy groups -OCH3 is 1. The third-order valence-corrected chi connectivity index (χ3v) is 5.74. The molecular formula is C22H25N3O3S. The fraction of sp³-hybridized carbons (Fsp3) is 0.318. The molecule has 152 valence electrons. The number of fused-ring (bicyclic) bond motifs is 1. The highest BCUT2D eigenvalue weighted by molar-refractivity contribution is 7.99. The molecule has 6 nitrogen and oxygen atoms in total. The van der Waals surface area contributed by atoms with E-state index in [-0.39, 0.29) is 23.3 Å². The zero-order valence-electron chi connectivity index (χ0n) is 16.8. The van der Waals surface area contributed by atoms with Crippen molar-refractivity contribution in [3.8, 4) is 5.75 Å². The molecule has 0 aliphatic heterocycles. The zero-order valence-corrected chi connectivity index (χ0v) is 17.7. The van der Waals surface area contributed by atoms with Crippen LogP contribution >= 0.6 is 11.8 Å². The highest BCUT2D eigenvalue weighted by atomic mass is 32.2. The lowest BCUT2D eigenvalue weighted by Crippen LogP contribution is -2.28. The monoisotopic (exact) mass is 411 g/mol. The van der Waals surface area contributed by atoms with E-state index in [0.29, 0.717) is 22.6 Å². The number of rotatable bonds is 8. The van der Waals surface area contributed by atoms with E-state index in [4.69, 9.17) is 4.74 Å². The minimum atomic E-state index is -0.107. The fourth-order valence-electron chi connectivity index (χ4n) is 2.92. The van der Waals surface area contributed by atoms with Gasteiger partial charge in [-0.15, -0.1) is 0 Å². The summed E-state index contributed by atoms with van der Waals surface area (Å²) >= 11 is 1.29. The second-order valence-electron chi connectivity index (χ2n) is 6.76. The molecule has 7 heteroatoms. The summed E-state index contributed by atoms with van der Waals surface area (Å²) in [5.74, 6) is 0.863. The molecule has 1 atom stereocenters. The van der Waals surface area contributed by atoms with Crippen LogP contribution in [0.1, 0.15) is 31.9 Å². The standard InChI is InChI=1S/C22H25N3O3S/c1-4-15(2)25-21(27)18-7-5-6-8-19(18)24-22(25)29-14-20(26)23-13-16-9-11-17(28-3)12-10-16/h5-12,15H,4,13-14H2,1-3H3,(H,23,26)/t15-/m1/s1. The molecule has 1 amide bonds. The predicted octanol–water partition coefficient (Wildman–Crippen LogP) is 3.78. The van der Waals surface area contributed by atoms with Crippen LogP contribution in [0.2, 0.25) is 0 Å². The molecule has 0 unspecified atom stereocenters. The number of benzene rings is 2. The SMILES string of the molecule is CC[C@@H](C)n1c(SCC(=O)NCc2ccc(OC)cc2)nc2ccccc2c1=O.